The highest BCUT2D eigenvalue weighted by molar-refractivity contribution is 6.08. The van der Waals surface area contributed by atoms with Crippen LogP contribution < -0.4 is 9.80 Å². The maximum atomic E-state index is 14.4. The fourth-order valence-corrected chi connectivity index (χ4v) is 8.48. The van der Waals surface area contributed by atoms with Crippen LogP contribution in [0.5, 0.6) is 0 Å². The van der Waals surface area contributed by atoms with Gasteiger partial charge >= 0.3 is 0 Å². The van der Waals surface area contributed by atoms with Crippen molar-refractivity contribution in [3.05, 3.63) is 132 Å². The SMILES string of the molecule is O=C(c1ccccc1)N(c1ccccc1)C12CC3CC(C1)CC(N(C(=O)c1ccccc1)c1ccccc1)(C3)C2. The lowest BCUT2D eigenvalue weighted by molar-refractivity contribution is -0.0219. The molecule has 4 aliphatic carbocycles. The second-order valence-electron chi connectivity index (χ2n) is 12.1. The van der Waals surface area contributed by atoms with Crippen LogP contribution in [0.3, 0.4) is 0 Å². The smallest absolute Gasteiger partial charge is 0.258 e. The number of rotatable bonds is 6. The standard InChI is InChI=1S/C36H34N2O2/c39-33(29-13-5-1-6-14-29)37(31-17-9-3-10-18-31)35-22-27-21-28(23-35)25-36(24-27,26-35)38(32-19-11-4-12-20-32)34(40)30-15-7-2-8-16-30/h1-20,27-28H,21-26H2. The summed E-state index contributed by atoms with van der Waals surface area (Å²) in [6.45, 7) is 0. The van der Waals surface area contributed by atoms with E-state index in [2.05, 4.69) is 34.1 Å². The maximum absolute atomic E-state index is 14.4. The van der Waals surface area contributed by atoms with Crippen LogP contribution in [0, 0.1) is 11.8 Å². The van der Waals surface area contributed by atoms with Gasteiger partial charge in [-0.1, -0.05) is 72.8 Å². The Morgan fingerprint density at radius 2 is 0.825 bits per heavy atom. The molecule has 0 aliphatic heterocycles. The van der Waals surface area contributed by atoms with E-state index in [0.717, 1.165) is 43.5 Å². The van der Waals surface area contributed by atoms with Gasteiger partial charge < -0.3 is 9.80 Å². The number of para-hydroxylation sites is 2. The minimum atomic E-state index is -0.359. The van der Waals surface area contributed by atoms with Crippen molar-refractivity contribution in [3.63, 3.8) is 0 Å². The van der Waals surface area contributed by atoms with Crippen molar-refractivity contribution < 1.29 is 9.59 Å². The molecule has 0 aromatic heterocycles. The summed E-state index contributed by atoms with van der Waals surface area (Å²) in [5.41, 5.74) is 2.57. The molecule has 0 atom stereocenters. The number of anilines is 2. The minimum Gasteiger partial charge on any atom is -0.302 e. The van der Waals surface area contributed by atoms with Gasteiger partial charge in [0.15, 0.2) is 0 Å². The third kappa shape index (κ3) is 4.14. The number of carbonyl (C=O) groups is 2. The summed E-state index contributed by atoms with van der Waals surface area (Å²) in [7, 11) is 0. The Balaban J connectivity index is 1.37. The van der Waals surface area contributed by atoms with Crippen LogP contribution in [0.15, 0.2) is 121 Å². The quantitative estimate of drug-likeness (QED) is 0.257. The van der Waals surface area contributed by atoms with Gasteiger partial charge in [-0.25, -0.2) is 0 Å². The molecule has 200 valence electrons. The number of amides is 2. The molecule has 0 saturated heterocycles. The van der Waals surface area contributed by atoms with Crippen molar-refractivity contribution in [1.29, 1.82) is 0 Å². The zero-order valence-electron chi connectivity index (χ0n) is 22.7. The van der Waals surface area contributed by atoms with E-state index in [4.69, 9.17) is 0 Å². The Hall–Kier alpha value is -4.18. The summed E-state index contributed by atoms with van der Waals surface area (Å²) < 4.78 is 0. The van der Waals surface area contributed by atoms with Gasteiger partial charge in [0.1, 0.15) is 0 Å². The molecule has 4 fully saturated rings. The third-order valence-corrected chi connectivity index (χ3v) is 9.42. The summed E-state index contributed by atoms with van der Waals surface area (Å²) in [5, 5.41) is 0. The van der Waals surface area contributed by atoms with Crippen LogP contribution in [-0.2, 0) is 0 Å². The van der Waals surface area contributed by atoms with Crippen molar-refractivity contribution in [3.8, 4) is 0 Å². The van der Waals surface area contributed by atoms with E-state index in [9.17, 15) is 9.59 Å². The van der Waals surface area contributed by atoms with Gasteiger partial charge in [-0.3, -0.25) is 9.59 Å². The fraction of sp³-hybridized carbons (Fsp3) is 0.278. The normalized spacial score (nSPS) is 26.3. The van der Waals surface area contributed by atoms with Crippen LogP contribution in [0.2, 0.25) is 0 Å². The second kappa shape index (κ2) is 9.78. The predicted octanol–water partition coefficient (Wildman–Crippen LogP) is 7.77. The lowest BCUT2D eigenvalue weighted by Crippen LogP contribution is -2.71. The van der Waals surface area contributed by atoms with Gasteiger partial charge in [0, 0.05) is 22.5 Å². The first-order chi connectivity index (χ1) is 19.6. The first kappa shape index (κ1) is 24.8. The van der Waals surface area contributed by atoms with E-state index >= 15 is 0 Å². The summed E-state index contributed by atoms with van der Waals surface area (Å²) >= 11 is 0. The largest absolute Gasteiger partial charge is 0.302 e. The molecule has 4 bridgehead atoms. The molecule has 0 heterocycles. The molecule has 40 heavy (non-hydrogen) atoms. The van der Waals surface area contributed by atoms with E-state index < -0.39 is 0 Å². The Kier molecular flexibility index (Phi) is 6.07. The number of hydrogen-bond acceptors (Lipinski definition) is 2. The second-order valence-corrected chi connectivity index (χ2v) is 12.1. The number of benzene rings is 4. The summed E-state index contributed by atoms with van der Waals surface area (Å²) in [6, 6.07) is 39.7. The van der Waals surface area contributed by atoms with Crippen LogP contribution in [0.25, 0.3) is 0 Å². The fourth-order valence-electron chi connectivity index (χ4n) is 8.48. The molecule has 4 saturated carbocycles. The van der Waals surface area contributed by atoms with Crippen molar-refractivity contribution in [2.75, 3.05) is 9.80 Å². The first-order valence-electron chi connectivity index (χ1n) is 14.5. The minimum absolute atomic E-state index is 0.0459. The maximum Gasteiger partial charge on any atom is 0.258 e. The van der Waals surface area contributed by atoms with Crippen molar-refractivity contribution in [2.24, 2.45) is 11.8 Å². The van der Waals surface area contributed by atoms with Crippen LogP contribution in [-0.4, -0.2) is 22.9 Å². The molecule has 4 aromatic carbocycles. The van der Waals surface area contributed by atoms with E-state index in [1.54, 1.807) is 0 Å². The molecule has 4 aromatic rings. The zero-order chi connectivity index (χ0) is 27.2. The summed E-state index contributed by atoms with van der Waals surface area (Å²) in [5.74, 6) is 1.02. The zero-order valence-corrected chi connectivity index (χ0v) is 22.7. The van der Waals surface area contributed by atoms with Gasteiger partial charge in [0.25, 0.3) is 11.8 Å². The molecule has 0 radical (unpaired) electrons. The van der Waals surface area contributed by atoms with E-state index in [1.165, 1.54) is 6.42 Å². The Bertz CT molecular complexity index is 1380. The number of nitrogens with zero attached hydrogens (tertiary/aromatic N) is 2. The van der Waals surface area contributed by atoms with E-state index in [1.807, 2.05) is 97.1 Å². The number of carbonyl (C=O) groups excluding carboxylic acids is 2. The topological polar surface area (TPSA) is 40.6 Å². The highest BCUT2D eigenvalue weighted by Crippen LogP contribution is 2.62. The van der Waals surface area contributed by atoms with Crippen molar-refractivity contribution in [1.82, 2.24) is 0 Å². The predicted molar refractivity (Wildman–Crippen MR) is 160 cm³/mol. The Morgan fingerprint density at radius 3 is 1.18 bits per heavy atom. The first-order valence-corrected chi connectivity index (χ1v) is 14.5. The van der Waals surface area contributed by atoms with E-state index in [0.29, 0.717) is 23.0 Å². The lowest BCUT2D eigenvalue weighted by Gasteiger charge is -2.66. The van der Waals surface area contributed by atoms with Gasteiger partial charge in [0.2, 0.25) is 0 Å². The van der Waals surface area contributed by atoms with Gasteiger partial charge in [-0.15, -0.1) is 0 Å². The average molecular weight is 527 g/mol. The molecule has 4 heteroatoms. The van der Waals surface area contributed by atoms with Gasteiger partial charge in [-0.2, -0.15) is 0 Å². The van der Waals surface area contributed by atoms with Crippen molar-refractivity contribution in [2.45, 2.75) is 49.6 Å². The molecule has 8 rings (SSSR count). The highest BCUT2D eigenvalue weighted by atomic mass is 16.2. The molecule has 0 unspecified atom stereocenters. The van der Waals surface area contributed by atoms with Crippen molar-refractivity contribution >= 4 is 23.2 Å². The molecule has 2 amide bonds. The molecule has 0 spiro atoms. The van der Waals surface area contributed by atoms with Crippen LogP contribution in [0.4, 0.5) is 11.4 Å². The summed E-state index contributed by atoms with van der Waals surface area (Å²) in [6.07, 6.45) is 5.84. The van der Waals surface area contributed by atoms with Crippen LogP contribution in [0.1, 0.15) is 59.2 Å². The third-order valence-electron chi connectivity index (χ3n) is 9.42. The number of hydrogen-bond donors (Lipinski definition) is 0. The molecule has 4 aliphatic rings. The monoisotopic (exact) mass is 526 g/mol. The Morgan fingerprint density at radius 1 is 0.500 bits per heavy atom. The van der Waals surface area contributed by atoms with E-state index in [-0.39, 0.29) is 22.9 Å². The highest BCUT2D eigenvalue weighted by Gasteiger charge is 2.63. The van der Waals surface area contributed by atoms with Gasteiger partial charge in [-0.05, 0) is 98.9 Å². The molecular formula is C36H34N2O2. The Labute approximate surface area is 236 Å². The summed E-state index contributed by atoms with van der Waals surface area (Å²) in [4.78, 5) is 33.0. The van der Waals surface area contributed by atoms with Crippen LogP contribution >= 0.6 is 0 Å². The average Bonchev–Trinajstić information content (AvgIpc) is 2.98. The lowest BCUT2D eigenvalue weighted by atomic mass is 9.48. The molecule has 0 N–H and O–H groups in total. The van der Waals surface area contributed by atoms with Gasteiger partial charge in [0.05, 0.1) is 11.1 Å². The molecule has 4 nitrogen and oxygen atoms in total. The molecular weight excluding hydrogens is 492 g/mol.